The number of hydrogen-bond acceptors (Lipinski definition) is 0. The summed E-state index contributed by atoms with van der Waals surface area (Å²) in [6.07, 6.45) is 0. The third-order valence-corrected chi connectivity index (χ3v) is 19.8. The van der Waals surface area contributed by atoms with Crippen LogP contribution in [0.25, 0.3) is 176 Å². The van der Waals surface area contributed by atoms with Crippen LogP contribution in [0.3, 0.4) is 0 Å². The predicted octanol–water partition coefficient (Wildman–Crippen LogP) is 24.7. The Morgan fingerprint density at radius 1 is 0.135 bits per heavy atom. The van der Waals surface area contributed by atoms with Crippen LogP contribution in [0.15, 0.2) is 364 Å². The number of hydrogen-bond donors (Lipinski definition) is 0. The van der Waals surface area contributed by atoms with E-state index in [0.29, 0.717) is 0 Å². The molecule has 0 N–H and O–H groups in total. The molecule has 0 bridgehead atoms. The molecule has 20 aromatic rings. The van der Waals surface area contributed by atoms with Gasteiger partial charge in [0.15, 0.2) is 0 Å². The van der Waals surface area contributed by atoms with E-state index in [2.05, 4.69) is 382 Å². The first-order valence-corrected chi connectivity index (χ1v) is 33.0. The van der Waals surface area contributed by atoms with Gasteiger partial charge >= 0.3 is 0 Å². The number of para-hydroxylation sites is 6. The van der Waals surface area contributed by atoms with Gasteiger partial charge in [-0.25, -0.2) is 0 Å². The van der Waals surface area contributed by atoms with E-state index < -0.39 is 0 Å². The molecular weight excluding hydrogens is 1160 g/mol. The first-order chi connectivity index (χ1) is 47.6. The number of fused-ring (bicyclic) bond motifs is 15. The van der Waals surface area contributed by atoms with E-state index in [1.54, 1.807) is 0 Å². The topological polar surface area (TPSA) is 19.7 Å². The second-order valence-corrected chi connectivity index (χ2v) is 25.2. The van der Waals surface area contributed by atoms with E-state index in [0.717, 1.165) is 0 Å². The molecule has 0 fully saturated rings. The molecule has 448 valence electrons. The van der Waals surface area contributed by atoms with Crippen LogP contribution in [-0.4, -0.2) is 18.3 Å². The van der Waals surface area contributed by atoms with Gasteiger partial charge < -0.3 is 18.3 Å². The standard InChI is InChI=1S/2C46H30N2/c1-3-12-36(13-4-1)47-42-18-10-9-17-39(42)40-29-34(24-26-43(40)47)31-19-21-32(22-20-31)35-25-27-44-41(30-35)46-38-16-8-7-11-33(38)23-28-45(46)48(44)37-14-5-2-6-15-37;1-2-12-37(13-3-1)47-43-16-8-6-14-39(43)41-29-35(23-26-45(41)47)32-18-20-33(21-19-32)36-24-27-46-42(30-36)40-15-7-9-17-44(40)48(46)38-25-22-31-10-4-5-11-34(31)28-38/h2*1-30H. The summed E-state index contributed by atoms with van der Waals surface area (Å²) in [7, 11) is 0. The molecule has 4 heteroatoms. The summed E-state index contributed by atoms with van der Waals surface area (Å²) >= 11 is 0. The largest absolute Gasteiger partial charge is 0.309 e. The van der Waals surface area contributed by atoms with Gasteiger partial charge in [0.1, 0.15) is 0 Å². The molecule has 0 amide bonds. The lowest BCUT2D eigenvalue weighted by atomic mass is 9.97. The van der Waals surface area contributed by atoms with Crippen molar-refractivity contribution < 1.29 is 0 Å². The van der Waals surface area contributed by atoms with Crippen LogP contribution in [0, 0.1) is 0 Å². The Morgan fingerprint density at radius 3 is 0.844 bits per heavy atom. The zero-order valence-electron chi connectivity index (χ0n) is 52.4. The van der Waals surface area contributed by atoms with E-state index in [1.807, 2.05) is 0 Å². The average Bonchev–Trinajstić information content (AvgIpc) is 1.60. The third kappa shape index (κ3) is 9.06. The highest BCUT2D eigenvalue weighted by Gasteiger charge is 2.20. The van der Waals surface area contributed by atoms with E-state index in [1.165, 1.54) is 176 Å². The fourth-order valence-corrected chi connectivity index (χ4v) is 15.3. The van der Waals surface area contributed by atoms with E-state index in [9.17, 15) is 0 Å². The number of rotatable bonds is 8. The fraction of sp³-hybridized carbons (Fsp3) is 0. The van der Waals surface area contributed by atoms with Crippen molar-refractivity contribution in [3.63, 3.8) is 0 Å². The van der Waals surface area contributed by atoms with Gasteiger partial charge in [0.05, 0.1) is 44.1 Å². The van der Waals surface area contributed by atoms with Gasteiger partial charge in [-0.05, 0) is 187 Å². The van der Waals surface area contributed by atoms with Crippen molar-refractivity contribution in [2.45, 2.75) is 0 Å². The van der Waals surface area contributed by atoms with E-state index >= 15 is 0 Å². The zero-order valence-corrected chi connectivity index (χ0v) is 52.4. The molecule has 4 heterocycles. The molecule has 0 spiro atoms. The number of aromatic nitrogens is 4. The Morgan fingerprint density at radius 2 is 0.417 bits per heavy atom. The maximum absolute atomic E-state index is 2.40. The van der Waals surface area contributed by atoms with E-state index in [-0.39, 0.29) is 0 Å². The predicted molar refractivity (Wildman–Crippen MR) is 407 cm³/mol. The van der Waals surface area contributed by atoms with Gasteiger partial charge in [0.2, 0.25) is 0 Å². The highest BCUT2D eigenvalue weighted by molar-refractivity contribution is 6.22. The highest BCUT2D eigenvalue weighted by Crippen LogP contribution is 2.42. The molecule has 0 unspecified atom stereocenters. The summed E-state index contributed by atoms with van der Waals surface area (Å²) in [6, 6.07) is 132. The van der Waals surface area contributed by atoms with Gasteiger partial charge in [-0.3, -0.25) is 0 Å². The minimum Gasteiger partial charge on any atom is -0.309 e. The Balaban J connectivity index is 0.000000135. The Bertz CT molecular complexity index is 6410. The van der Waals surface area contributed by atoms with Crippen molar-refractivity contribution >= 4 is 109 Å². The quantitative estimate of drug-likeness (QED) is 0.144. The highest BCUT2D eigenvalue weighted by atomic mass is 15.0. The molecule has 96 heavy (non-hydrogen) atoms. The van der Waals surface area contributed by atoms with Crippen molar-refractivity contribution in [3.8, 4) is 67.3 Å². The molecule has 0 atom stereocenters. The van der Waals surface area contributed by atoms with Gasteiger partial charge in [-0.15, -0.1) is 0 Å². The minimum atomic E-state index is 1.17. The maximum atomic E-state index is 2.40. The number of nitrogens with zero attached hydrogens (tertiary/aromatic N) is 4. The smallest absolute Gasteiger partial charge is 0.0547 e. The lowest BCUT2D eigenvalue weighted by molar-refractivity contribution is 1.18. The molecule has 0 saturated heterocycles. The summed E-state index contributed by atoms with van der Waals surface area (Å²) < 4.78 is 9.53. The third-order valence-electron chi connectivity index (χ3n) is 19.8. The van der Waals surface area contributed by atoms with Crippen molar-refractivity contribution in [3.05, 3.63) is 364 Å². The SMILES string of the molecule is c1ccc(-n2c3ccccc3c3cc(-c4ccc(-c5ccc6c(c5)c5c7ccccc7ccc5n6-c5ccccc5)cc4)ccc32)cc1.c1ccc(-n2c3ccccc3c3cc(-c4ccc(-c5ccc6c(c5)c5ccccc5n6-c5ccc6ccccc6c5)cc4)ccc32)cc1. The van der Waals surface area contributed by atoms with Crippen LogP contribution in [0.4, 0.5) is 0 Å². The Kier molecular flexibility index (Phi) is 12.9. The molecule has 20 rings (SSSR count). The summed E-state index contributed by atoms with van der Waals surface area (Å²) in [5, 5.41) is 15.2. The molecule has 4 aromatic heterocycles. The van der Waals surface area contributed by atoms with E-state index in [4.69, 9.17) is 0 Å². The normalized spacial score (nSPS) is 11.8. The molecule has 16 aromatic carbocycles. The molecule has 0 radical (unpaired) electrons. The van der Waals surface area contributed by atoms with Crippen LogP contribution in [0.5, 0.6) is 0 Å². The molecular formula is C92H60N4. The van der Waals surface area contributed by atoms with Crippen LogP contribution in [0.1, 0.15) is 0 Å². The van der Waals surface area contributed by atoms with Crippen molar-refractivity contribution in [2.24, 2.45) is 0 Å². The first-order valence-electron chi connectivity index (χ1n) is 33.0. The van der Waals surface area contributed by atoms with Crippen molar-refractivity contribution in [2.75, 3.05) is 0 Å². The minimum absolute atomic E-state index is 1.17. The van der Waals surface area contributed by atoms with Gasteiger partial charge in [0.25, 0.3) is 0 Å². The second-order valence-electron chi connectivity index (χ2n) is 25.2. The zero-order chi connectivity index (χ0) is 63.2. The summed E-state index contributed by atoms with van der Waals surface area (Å²) in [6.45, 7) is 0. The second kappa shape index (κ2) is 22.5. The van der Waals surface area contributed by atoms with Crippen LogP contribution in [-0.2, 0) is 0 Å². The Hall–Kier alpha value is -12.8. The average molecular weight is 1220 g/mol. The van der Waals surface area contributed by atoms with Crippen LogP contribution in [0.2, 0.25) is 0 Å². The molecule has 0 saturated carbocycles. The fourth-order valence-electron chi connectivity index (χ4n) is 15.3. The van der Waals surface area contributed by atoms with Crippen LogP contribution >= 0.6 is 0 Å². The lowest BCUT2D eigenvalue weighted by Crippen LogP contribution is -1.93. The van der Waals surface area contributed by atoms with Gasteiger partial charge in [0, 0.05) is 65.8 Å². The molecule has 0 aliphatic rings. The molecule has 0 aliphatic heterocycles. The van der Waals surface area contributed by atoms with Crippen molar-refractivity contribution in [1.29, 1.82) is 0 Å². The monoisotopic (exact) mass is 1220 g/mol. The molecule has 4 nitrogen and oxygen atoms in total. The lowest BCUT2D eigenvalue weighted by Gasteiger charge is -2.10. The Labute approximate surface area is 554 Å². The maximum Gasteiger partial charge on any atom is 0.0547 e. The summed E-state index contributed by atoms with van der Waals surface area (Å²) in [5.41, 5.74) is 24.2. The van der Waals surface area contributed by atoms with Gasteiger partial charge in [-0.2, -0.15) is 0 Å². The number of benzene rings is 16. The summed E-state index contributed by atoms with van der Waals surface area (Å²) in [5.74, 6) is 0. The first kappa shape index (κ1) is 54.9. The molecule has 0 aliphatic carbocycles. The summed E-state index contributed by atoms with van der Waals surface area (Å²) in [4.78, 5) is 0. The van der Waals surface area contributed by atoms with Gasteiger partial charge in [-0.1, -0.05) is 243 Å². The van der Waals surface area contributed by atoms with Crippen LogP contribution < -0.4 is 0 Å². The van der Waals surface area contributed by atoms with Crippen molar-refractivity contribution in [1.82, 2.24) is 18.3 Å².